The highest BCUT2D eigenvalue weighted by Gasteiger charge is 2.29. The summed E-state index contributed by atoms with van der Waals surface area (Å²) in [4.78, 5) is 19.9. The molecule has 1 amide bonds. The van der Waals surface area contributed by atoms with Gasteiger partial charge in [0.2, 0.25) is 5.91 Å². The van der Waals surface area contributed by atoms with Crippen molar-refractivity contribution in [1.82, 2.24) is 9.80 Å². The summed E-state index contributed by atoms with van der Waals surface area (Å²) in [7, 11) is 0. The van der Waals surface area contributed by atoms with E-state index in [9.17, 15) is 18.0 Å². The molecule has 2 fully saturated rings. The molecule has 2 aliphatic heterocycles. The number of hydrogen-bond acceptors (Lipinski definition) is 5. The predicted molar refractivity (Wildman–Crippen MR) is 145 cm³/mol. The summed E-state index contributed by atoms with van der Waals surface area (Å²) >= 11 is -0.102. The highest BCUT2D eigenvalue weighted by molar-refractivity contribution is 8.00. The third-order valence-corrected chi connectivity index (χ3v) is 7.90. The molecule has 0 atom stereocenters. The van der Waals surface area contributed by atoms with Crippen molar-refractivity contribution in [3.05, 3.63) is 54.1 Å². The fraction of sp³-hybridized carbons (Fsp3) is 0.536. The maximum atomic E-state index is 12.8. The van der Waals surface area contributed by atoms with E-state index in [0.717, 1.165) is 64.1 Å². The summed E-state index contributed by atoms with van der Waals surface area (Å²) in [5.74, 6) is 0.225. The van der Waals surface area contributed by atoms with E-state index in [1.165, 1.54) is 23.4 Å². The molecule has 2 heterocycles. The number of thioether (sulfide) groups is 1. The summed E-state index contributed by atoms with van der Waals surface area (Å²) in [6.45, 7) is 8.67. The molecule has 0 aliphatic carbocycles. The van der Waals surface area contributed by atoms with Gasteiger partial charge in [0.25, 0.3) is 0 Å². The van der Waals surface area contributed by atoms with Gasteiger partial charge in [0, 0.05) is 61.5 Å². The van der Waals surface area contributed by atoms with E-state index in [0.29, 0.717) is 19.5 Å². The lowest BCUT2D eigenvalue weighted by Gasteiger charge is -2.33. The first-order valence-corrected chi connectivity index (χ1v) is 14.0. The number of amides is 1. The Morgan fingerprint density at radius 2 is 1.65 bits per heavy atom. The zero-order valence-electron chi connectivity index (χ0n) is 21.5. The lowest BCUT2D eigenvalue weighted by molar-refractivity contribution is -0.132. The van der Waals surface area contributed by atoms with Gasteiger partial charge in [-0.25, -0.2) is 0 Å². The second-order valence-electron chi connectivity index (χ2n) is 9.99. The number of rotatable bonds is 8. The first kappa shape index (κ1) is 27.6. The molecule has 9 heteroatoms. The quantitative estimate of drug-likeness (QED) is 0.421. The molecule has 2 aliphatic rings. The van der Waals surface area contributed by atoms with E-state index >= 15 is 0 Å². The van der Waals surface area contributed by atoms with Crippen LogP contribution in [0.3, 0.4) is 0 Å². The topological polar surface area (TPSA) is 38.8 Å². The minimum atomic E-state index is -4.27. The predicted octanol–water partition coefficient (Wildman–Crippen LogP) is 6.00. The monoisotopic (exact) mass is 534 g/mol. The van der Waals surface area contributed by atoms with Crippen molar-refractivity contribution in [2.45, 2.75) is 55.5 Å². The van der Waals surface area contributed by atoms with Crippen LogP contribution < -0.4 is 10.2 Å². The summed E-state index contributed by atoms with van der Waals surface area (Å²) in [5, 5.41) is 3.40. The number of anilines is 2. The standard InChI is InChI=1S/C28H37F3N4OS/c1-22-5-9-25(10-6-22)34-17-3-16-33(20-21-34)15-2-4-27(36)35-18-13-24(14-19-35)32-23-7-11-26(12-8-23)37-28(29,30)31/h5-12,24,32H,2-4,13-21H2,1H3. The first-order chi connectivity index (χ1) is 17.7. The molecule has 0 aromatic heterocycles. The second kappa shape index (κ2) is 12.9. The molecule has 0 bridgehead atoms. The molecule has 37 heavy (non-hydrogen) atoms. The molecular formula is C28H37F3N4OS. The van der Waals surface area contributed by atoms with Crippen LogP contribution in [-0.2, 0) is 4.79 Å². The van der Waals surface area contributed by atoms with Gasteiger partial charge in [0.05, 0.1) is 0 Å². The van der Waals surface area contributed by atoms with Gasteiger partial charge in [0.15, 0.2) is 0 Å². The lowest BCUT2D eigenvalue weighted by atomic mass is 10.0. The van der Waals surface area contributed by atoms with Gasteiger partial charge in [-0.1, -0.05) is 17.7 Å². The van der Waals surface area contributed by atoms with Crippen molar-refractivity contribution >= 4 is 29.0 Å². The molecule has 0 saturated carbocycles. The maximum absolute atomic E-state index is 12.8. The minimum Gasteiger partial charge on any atom is -0.382 e. The van der Waals surface area contributed by atoms with Gasteiger partial charge in [-0.3, -0.25) is 4.79 Å². The zero-order chi connectivity index (χ0) is 26.3. The van der Waals surface area contributed by atoms with E-state index in [4.69, 9.17) is 0 Å². The van der Waals surface area contributed by atoms with Crippen molar-refractivity contribution in [2.75, 3.05) is 56.0 Å². The number of aryl methyl sites for hydroxylation is 1. The van der Waals surface area contributed by atoms with Crippen LogP contribution in [0.1, 0.15) is 37.7 Å². The van der Waals surface area contributed by atoms with Crippen molar-refractivity contribution < 1.29 is 18.0 Å². The maximum Gasteiger partial charge on any atom is 0.446 e. The van der Waals surface area contributed by atoms with Crippen molar-refractivity contribution in [3.63, 3.8) is 0 Å². The van der Waals surface area contributed by atoms with E-state index in [1.807, 2.05) is 4.90 Å². The molecule has 0 unspecified atom stereocenters. The third kappa shape index (κ3) is 8.85. The fourth-order valence-corrected chi connectivity index (χ4v) is 5.62. The highest BCUT2D eigenvalue weighted by atomic mass is 32.2. The van der Waals surface area contributed by atoms with Gasteiger partial charge in [-0.15, -0.1) is 0 Å². The highest BCUT2D eigenvalue weighted by Crippen LogP contribution is 2.37. The zero-order valence-corrected chi connectivity index (χ0v) is 22.3. The van der Waals surface area contributed by atoms with Gasteiger partial charge >= 0.3 is 5.51 Å². The summed E-state index contributed by atoms with van der Waals surface area (Å²) < 4.78 is 37.5. The Bertz CT molecular complexity index is 992. The molecular weight excluding hydrogens is 497 g/mol. The van der Waals surface area contributed by atoms with Crippen molar-refractivity contribution in [2.24, 2.45) is 0 Å². The van der Waals surface area contributed by atoms with Crippen LogP contribution in [0.4, 0.5) is 24.5 Å². The number of piperidine rings is 1. The number of alkyl halides is 3. The van der Waals surface area contributed by atoms with Crippen LogP contribution in [0.15, 0.2) is 53.4 Å². The van der Waals surface area contributed by atoms with Crippen LogP contribution in [0, 0.1) is 6.92 Å². The van der Waals surface area contributed by atoms with E-state index < -0.39 is 5.51 Å². The van der Waals surface area contributed by atoms with Crippen LogP contribution in [0.25, 0.3) is 0 Å². The molecule has 1 N–H and O–H groups in total. The van der Waals surface area contributed by atoms with E-state index in [1.54, 1.807) is 12.1 Å². The normalized spacial score (nSPS) is 18.1. The molecule has 5 nitrogen and oxygen atoms in total. The average molecular weight is 535 g/mol. The minimum absolute atomic E-state index is 0.102. The fourth-order valence-electron chi connectivity index (χ4n) is 5.08. The Kier molecular flexibility index (Phi) is 9.65. The number of benzene rings is 2. The number of carbonyl (C=O) groups excluding carboxylic acids is 1. The van der Waals surface area contributed by atoms with Crippen LogP contribution in [0.5, 0.6) is 0 Å². The van der Waals surface area contributed by atoms with Crippen molar-refractivity contribution in [3.8, 4) is 0 Å². The molecule has 2 aromatic carbocycles. The number of likely N-dealkylation sites (tertiary alicyclic amines) is 1. The smallest absolute Gasteiger partial charge is 0.382 e. The van der Waals surface area contributed by atoms with Crippen molar-refractivity contribution in [1.29, 1.82) is 0 Å². The van der Waals surface area contributed by atoms with E-state index in [-0.39, 0.29) is 28.6 Å². The molecule has 0 spiro atoms. The lowest BCUT2D eigenvalue weighted by Crippen LogP contribution is -2.42. The van der Waals surface area contributed by atoms with Gasteiger partial charge in [-0.2, -0.15) is 13.2 Å². The summed E-state index contributed by atoms with van der Waals surface area (Å²) in [6, 6.07) is 15.3. The second-order valence-corrected chi connectivity index (χ2v) is 11.1. The Morgan fingerprint density at radius 1 is 0.946 bits per heavy atom. The van der Waals surface area contributed by atoms with Crippen LogP contribution in [0.2, 0.25) is 0 Å². The number of carbonyl (C=O) groups is 1. The summed E-state index contributed by atoms with van der Waals surface area (Å²) in [5.41, 5.74) is -0.889. The Balaban J connectivity index is 1.12. The Morgan fingerprint density at radius 3 is 2.32 bits per heavy atom. The Labute approximate surface area is 222 Å². The number of halogens is 3. The number of hydrogen-bond donors (Lipinski definition) is 1. The SMILES string of the molecule is Cc1ccc(N2CCCN(CCCC(=O)N3CCC(Nc4ccc(SC(F)(F)F)cc4)CC3)CC2)cc1. The molecule has 0 radical (unpaired) electrons. The van der Waals surface area contributed by atoms with Crippen LogP contribution in [-0.4, -0.2) is 73.1 Å². The molecule has 4 rings (SSSR count). The molecule has 202 valence electrons. The Hall–Kier alpha value is -2.39. The number of nitrogens with one attached hydrogen (secondary N) is 1. The average Bonchev–Trinajstić information content (AvgIpc) is 3.11. The first-order valence-electron chi connectivity index (χ1n) is 13.2. The van der Waals surface area contributed by atoms with Gasteiger partial charge < -0.3 is 20.0 Å². The summed E-state index contributed by atoms with van der Waals surface area (Å²) in [6.07, 6.45) is 4.27. The van der Waals surface area contributed by atoms with Gasteiger partial charge in [-0.05, 0) is 93.9 Å². The van der Waals surface area contributed by atoms with Crippen LogP contribution >= 0.6 is 11.8 Å². The van der Waals surface area contributed by atoms with E-state index in [2.05, 4.69) is 46.3 Å². The van der Waals surface area contributed by atoms with Gasteiger partial charge in [0.1, 0.15) is 0 Å². The molecule has 2 aromatic rings. The largest absolute Gasteiger partial charge is 0.446 e. The third-order valence-electron chi connectivity index (χ3n) is 7.16. The number of nitrogens with zero attached hydrogens (tertiary/aromatic N) is 3. The molecule has 2 saturated heterocycles.